The minimum Gasteiger partial charge on any atom is -0.463 e. The molecular formula is C29H34O9S. The number of ether oxygens (including phenoxy) is 5. The zero-order valence-electron chi connectivity index (χ0n) is 22.9. The number of aryl methyl sites for hydroxylation is 1. The Kier molecular flexibility index (Phi) is 10.5. The zero-order chi connectivity index (χ0) is 28.7. The van der Waals surface area contributed by atoms with E-state index in [2.05, 4.69) is 24.3 Å². The molecule has 2 aromatic rings. The van der Waals surface area contributed by atoms with Gasteiger partial charge < -0.3 is 23.7 Å². The van der Waals surface area contributed by atoms with Crippen LogP contribution >= 0.6 is 11.8 Å². The normalized spacial score (nSPS) is 22.5. The van der Waals surface area contributed by atoms with Crippen LogP contribution < -0.4 is 0 Å². The van der Waals surface area contributed by atoms with E-state index in [0.717, 1.165) is 16.7 Å². The van der Waals surface area contributed by atoms with E-state index in [1.54, 1.807) is 11.8 Å². The predicted octanol–water partition coefficient (Wildman–Crippen LogP) is 4.11. The smallest absolute Gasteiger partial charge is 0.303 e. The molecule has 1 aliphatic rings. The molecule has 210 valence electrons. The molecule has 39 heavy (non-hydrogen) atoms. The number of hydrogen-bond donors (Lipinski definition) is 0. The van der Waals surface area contributed by atoms with Crippen LogP contribution in [-0.2, 0) is 49.3 Å². The van der Waals surface area contributed by atoms with Gasteiger partial charge in [0, 0.05) is 32.6 Å². The highest BCUT2D eigenvalue weighted by molar-refractivity contribution is 7.98. The fourth-order valence-electron chi connectivity index (χ4n) is 4.52. The number of hydrogen-bond acceptors (Lipinski definition) is 10. The van der Waals surface area contributed by atoms with Gasteiger partial charge >= 0.3 is 23.9 Å². The Labute approximate surface area is 232 Å². The fourth-order valence-corrected chi connectivity index (χ4v) is 4.93. The lowest BCUT2D eigenvalue weighted by Crippen LogP contribution is -2.59. The standard InChI is InChI=1S/C29H34O9S/c1-16-7-10-22(14-23(16)13-21-8-11-24(39-6)12-9-21)26-28(36-19(4)32)29(37-20(5)33)27(35-18(3)31)25(38-26)15-34-17(2)30/h7-12,14,25-29H,13,15H2,1-6H3/t25-,26+,27-,28+,29+/m1/s1. The third kappa shape index (κ3) is 8.31. The number of rotatable bonds is 9. The minimum absolute atomic E-state index is 0.269. The molecule has 0 saturated carbocycles. The summed E-state index contributed by atoms with van der Waals surface area (Å²) in [5.41, 5.74) is 3.86. The van der Waals surface area contributed by atoms with Crippen LogP contribution in [0.15, 0.2) is 47.4 Å². The van der Waals surface area contributed by atoms with E-state index in [0.29, 0.717) is 12.0 Å². The second kappa shape index (κ2) is 13.6. The summed E-state index contributed by atoms with van der Waals surface area (Å²) in [6.45, 7) is 6.60. The third-order valence-corrected chi connectivity index (χ3v) is 6.99. The second-order valence-electron chi connectivity index (χ2n) is 9.33. The summed E-state index contributed by atoms with van der Waals surface area (Å²) < 4.78 is 28.1. The molecule has 1 fully saturated rings. The molecule has 9 nitrogen and oxygen atoms in total. The van der Waals surface area contributed by atoms with Gasteiger partial charge in [0.05, 0.1) is 0 Å². The molecule has 0 spiro atoms. The maximum atomic E-state index is 12.2. The molecule has 3 rings (SSSR count). The topological polar surface area (TPSA) is 114 Å². The van der Waals surface area contributed by atoms with Crippen molar-refractivity contribution in [2.75, 3.05) is 12.9 Å². The van der Waals surface area contributed by atoms with Crippen LogP contribution in [-0.4, -0.2) is 61.2 Å². The zero-order valence-corrected chi connectivity index (χ0v) is 23.7. The van der Waals surface area contributed by atoms with Crippen LogP contribution in [0.3, 0.4) is 0 Å². The summed E-state index contributed by atoms with van der Waals surface area (Å²) in [5.74, 6) is -2.53. The van der Waals surface area contributed by atoms with Crippen LogP contribution in [0.4, 0.5) is 0 Å². The number of benzene rings is 2. The van der Waals surface area contributed by atoms with Crippen LogP contribution in [0.5, 0.6) is 0 Å². The van der Waals surface area contributed by atoms with Crippen molar-refractivity contribution in [3.63, 3.8) is 0 Å². The van der Waals surface area contributed by atoms with E-state index in [1.165, 1.54) is 32.6 Å². The van der Waals surface area contributed by atoms with Gasteiger partial charge in [0.15, 0.2) is 18.3 Å². The summed E-state index contributed by atoms with van der Waals surface area (Å²) in [5, 5.41) is 0. The van der Waals surface area contributed by atoms with Crippen molar-refractivity contribution in [2.45, 2.75) is 76.5 Å². The van der Waals surface area contributed by atoms with Crippen molar-refractivity contribution < 1.29 is 42.9 Å². The van der Waals surface area contributed by atoms with E-state index in [4.69, 9.17) is 23.7 Å². The highest BCUT2D eigenvalue weighted by atomic mass is 32.2. The molecule has 2 aromatic carbocycles. The molecule has 0 N–H and O–H groups in total. The van der Waals surface area contributed by atoms with E-state index in [9.17, 15) is 19.2 Å². The lowest BCUT2D eigenvalue weighted by molar-refractivity contribution is -0.254. The fraction of sp³-hybridized carbons (Fsp3) is 0.448. The van der Waals surface area contributed by atoms with Gasteiger partial charge in [0.2, 0.25) is 0 Å². The molecular weight excluding hydrogens is 524 g/mol. The van der Waals surface area contributed by atoms with Crippen LogP contribution in [0.1, 0.15) is 56.1 Å². The van der Waals surface area contributed by atoms with Crippen molar-refractivity contribution in [1.82, 2.24) is 0 Å². The van der Waals surface area contributed by atoms with E-state index < -0.39 is 54.4 Å². The number of esters is 4. The Balaban J connectivity index is 2.05. The summed E-state index contributed by atoms with van der Waals surface area (Å²) in [4.78, 5) is 49.0. The maximum Gasteiger partial charge on any atom is 0.303 e. The molecule has 0 unspecified atom stereocenters. The minimum atomic E-state index is -1.21. The van der Waals surface area contributed by atoms with Gasteiger partial charge in [0.1, 0.15) is 18.8 Å². The second-order valence-corrected chi connectivity index (χ2v) is 10.2. The van der Waals surface area contributed by atoms with Crippen molar-refractivity contribution in [3.8, 4) is 0 Å². The first kappa shape index (κ1) is 30.2. The molecule has 0 aliphatic carbocycles. The first-order valence-corrected chi connectivity index (χ1v) is 13.7. The Morgan fingerprint density at radius 1 is 0.795 bits per heavy atom. The van der Waals surface area contributed by atoms with E-state index in [-0.39, 0.29) is 6.61 Å². The van der Waals surface area contributed by atoms with E-state index >= 15 is 0 Å². The van der Waals surface area contributed by atoms with Gasteiger partial charge in [-0.1, -0.05) is 30.3 Å². The molecule has 1 saturated heterocycles. The van der Waals surface area contributed by atoms with Crippen LogP contribution in [0, 0.1) is 6.92 Å². The quantitative estimate of drug-likeness (QED) is 0.253. The average molecular weight is 559 g/mol. The molecule has 0 aromatic heterocycles. The third-order valence-electron chi connectivity index (χ3n) is 6.25. The Morgan fingerprint density at radius 2 is 1.38 bits per heavy atom. The monoisotopic (exact) mass is 558 g/mol. The first-order valence-electron chi connectivity index (χ1n) is 12.5. The molecule has 1 aliphatic heterocycles. The molecule has 5 atom stereocenters. The van der Waals surface area contributed by atoms with Crippen molar-refractivity contribution >= 4 is 35.6 Å². The number of carbonyl (C=O) groups excluding carboxylic acids is 4. The highest BCUT2D eigenvalue weighted by Gasteiger charge is 2.52. The highest BCUT2D eigenvalue weighted by Crippen LogP contribution is 2.38. The van der Waals surface area contributed by atoms with Crippen LogP contribution in [0.25, 0.3) is 0 Å². The molecule has 10 heteroatoms. The lowest BCUT2D eigenvalue weighted by atomic mass is 9.88. The summed E-state index contributed by atoms with van der Waals surface area (Å²) >= 11 is 1.67. The lowest BCUT2D eigenvalue weighted by Gasteiger charge is -2.44. The molecule has 0 radical (unpaired) electrons. The van der Waals surface area contributed by atoms with E-state index in [1.807, 2.05) is 31.4 Å². The molecule has 1 heterocycles. The number of thioether (sulfide) groups is 1. The average Bonchev–Trinajstić information content (AvgIpc) is 2.86. The van der Waals surface area contributed by atoms with Gasteiger partial charge in [-0.25, -0.2) is 0 Å². The van der Waals surface area contributed by atoms with Gasteiger partial charge in [-0.15, -0.1) is 11.8 Å². The Hall–Kier alpha value is -3.37. The molecule has 0 bridgehead atoms. The van der Waals surface area contributed by atoms with Gasteiger partial charge in [-0.05, 0) is 54.0 Å². The SMILES string of the molecule is CSc1ccc(Cc2cc([C@@H]3O[C@H](COC(C)=O)[C@@H](OC(C)=O)[C@H](OC(C)=O)[C@H]3OC(C)=O)ccc2C)cc1. The molecule has 0 amide bonds. The maximum absolute atomic E-state index is 12.2. The largest absolute Gasteiger partial charge is 0.463 e. The van der Waals surface area contributed by atoms with Crippen molar-refractivity contribution in [1.29, 1.82) is 0 Å². The summed E-state index contributed by atoms with van der Waals surface area (Å²) in [6.07, 6.45) is -2.77. The van der Waals surface area contributed by atoms with Crippen molar-refractivity contribution in [3.05, 3.63) is 64.7 Å². The van der Waals surface area contributed by atoms with Crippen LogP contribution in [0.2, 0.25) is 0 Å². The summed E-state index contributed by atoms with van der Waals surface area (Å²) in [6, 6.07) is 14.0. The first-order chi connectivity index (χ1) is 18.5. The number of carbonyl (C=O) groups is 4. The Bertz CT molecular complexity index is 1190. The van der Waals surface area contributed by atoms with Gasteiger partial charge in [-0.3, -0.25) is 19.2 Å². The van der Waals surface area contributed by atoms with Gasteiger partial charge in [0.25, 0.3) is 0 Å². The van der Waals surface area contributed by atoms with Gasteiger partial charge in [-0.2, -0.15) is 0 Å². The Morgan fingerprint density at radius 3 is 1.95 bits per heavy atom. The summed E-state index contributed by atoms with van der Waals surface area (Å²) in [7, 11) is 0. The van der Waals surface area contributed by atoms with Crippen molar-refractivity contribution in [2.24, 2.45) is 0 Å². The predicted molar refractivity (Wildman–Crippen MR) is 143 cm³/mol.